The molecule has 3 atom stereocenters. The third-order valence-electron chi connectivity index (χ3n) is 3.85. The first-order valence-electron chi connectivity index (χ1n) is 6.39. The van der Waals surface area contributed by atoms with Crippen LogP contribution in [0, 0.1) is 5.92 Å². The Bertz CT molecular complexity index is 431. The summed E-state index contributed by atoms with van der Waals surface area (Å²) in [6.07, 6.45) is 5.58. The summed E-state index contributed by atoms with van der Waals surface area (Å²) in [4.78, 5) is 11.6. The minimum atomic E-state index is -0.428. The Balaban J connectivity index is 2.27. The lowest BCUT2D eigenvalue weighted by Crippen LogP contribution is -2.18. The first kappa shape index (κ1) is 13.1. The largest absolute Gasteiger partial charge is 0.458 e. The van der Waals surface area contributed by atoms with E-state index in [0.717, 1.165) is 17.6 Å². The Morgan fingerprint density at radius 1 is 1.33 bits per heavy atom. The molecule has 0 spiro atoms. The van der Waals surface area contributed by atoms with Crippen LogP contribution in [0.3, 0.4) is 0 Å². The molecule has 1 N–H and O–H groups in total. The van der Waals surface area contributed by atoms with Gasteiger partial charge in [-0.05, 0) is 32.3 Å². The van der Waals surface area contributed by atoms with Gasteiger partial charge in [-0.1, -0.05) is 24.3 Å². The zero-order valence-corrected chi connectivity index (χ0v) is 11.0. The number of esters is 1. The number of hydrogen-bond acceptors (Lipinski definition) is 3. The van der Waals surface area contributed by atoms with Crippen LogP contribution in [-0.4, -0.2) is 23.3 Å². The van der Waals surface area contributed by atoms with Crippen molar-refractivity contribution >= 4 is 5.97 Å². The predicted octanol–water partition coefficient (Wildman–Crippen LogP) is 2.52. The minimum Gasteiger partial charge on any atom is -0.458 e. The van der Waals surface area contributed by atoms with Crippen LogP contribution in [0.25, 0.3) is 0 Å². The molecule has 1 aliphatic carbocycles. The number of rotatable bonds is 0. The van der Waals surface area contributed by atoms with Crippen LogP contribution in [0.1, 0.15) is 33.1 Å². The number of hydrogen-bond donors (Lipinski definition) is 1. The first-order chi connectivity index (χ1) is 8.49. The van der Waals surface area contributed by atoms with Crippen molar-refractivity contribution in [3.8, 4) is 0 Å². The average molecular weight is 248 g/mol. The Hall–Kier alpha value is -1.35. The zero-order valence-electron chi connectivity index (χ0n) is 11.0. The SMILES string of the molecule is C=C1C(=O)OC2CC(C)=CCC(O)C(C)=CCC12. The highest BCUT2D eigenvalue weighted by molar-refractivity contribution is 5.90. The number of ether oxygens (including phenoxy) is 1. The highest BCUT2D eigenvalue weighted by Crippen LogP contribution is 2.34. The van der Waals surface area contributed by atoms with Crippen molar-refractivity contribution in [2.75, 3.05) is 0 Å². The number of carbonyl (C=O) groups is 1. The topological polar surface area (TPSA) is 46.5 Å². The molecule has 3 unspecified atom stereocenters. The molecule has 0 bridgehead atoms. The molecule has 1 aliphatic heterocycles. The van der Waals surface area contributed by atoms with E-state index in [1.807, 2.05) is 26.0 Å². The van der Waals surface area contributed by atoms with Gasteiger partial charge in [0.05, 0.1) is 6.10 Å². The van der Waals surface area contributed by atoms with E-state index in [0.29, 0.717) is 18.4 Å². The molecule has 18 heavy (non-hydrogen) atoms. The molecule has 98 valence electrons. The van der Waals surface area contributed by atoms with Gasteiger partial charge in [-0.2, -0.15) is 0 Å². The standard InChI is InChI=1S/C15H20O3/c1-9-4-7-13(16)10(2)5-6-12-11(3)15(17)18-14(12)8-9/h4-5,12-14,16H,3,6-8H2,1-2H3. The van der Waals surface area contributed by atoms with Gasteiger partial charge in [0, 0.05) is 17.9 Å². The summed E-state index contributed by atoms with van der Waals surface area (Å²) in [7, 11) is 0. The summed E-state index contributed by atoms with van der Waals surface area (Å²) in [5.74, 6) is -0.232. The molecule has 3 nitrogen and oxygen atoms in total. The van der Waals surface area contributed by atoms with Crippen LogP contribution >= 0.6 is 0 Å². The van der Waals surface area contributed by atoms with Crippen LogP contribution in [0.4, 0.5) is 0 Å². The average Bonchev–Trinajstić information content (AvgIpc) is 2.58. The van der Waals surface area contributed by atoms with Crippen molar-refractivity contribution in [2.24, 2.45) is 5.92 Å². The lowest BCUT2D eigenvalue weighted by molar-refractivity contribution is -0.139. The van der Waals surface area contributed by atoms with Crippen LogP contribution in [0.5, 0.6) is 0 Å². The van der Waals surface area contributed by atoms with E-state index >= 15 is 0 Å². The van der Waals surface area contributed by atoms with Crippen LogP contribution in [-0.2, 0) is 9.53 Å². The van der Waals surface area contributed by atoms with Crippen molar-refractivity contribution in [1.29, 1.82) is 0 Å². The Morgan fingerprint density at radius 2 is 2.06 bits per heavy atom. The fourth-order valence-electron chi connectivity index (χ4n) is 2.50. The van der Waals surface area contributed by atoms with Crippen LogP contribution in [0.2, 0.25) is 0 Å². The molecule has 3 heteroatoms. The van der Waals surface area contributed by atoms with Crippen molar-refractivity contribution in [2.45, 2.75) is 45.3 Å². The monoisotopic (exact) mass is 248 g/mol. The van der Waals surface area contributed by atoms with E-state index in [2.05, 4.69) is 6.58 Å². The van der Waals surface area contributed by atoms with E-state index in [9.17, 15) is 9.90 Å². The van der Waals surface area contributed by atoms with E-state index in [4.69, 9.17) is 4.74 Å². The van der Waals surface area contributed by atoms with Gasteiger partial charge in [-0.15, -0.1) is 0 Å². The molecule has 0 radical (unpaired) electrons. The number of fused-ring (bicyclic) bond motifs is 1. The summed E-state index contributed by atoms with van der Waals surface area (Å²) in [5, 5.41) is 9.94. The summed E-state index contributed by atoms with van der Waals surface area (Å²) < 4.78 is 5.37. The van der Waals surface area contributed by atoms with E-state index < -0.39 is 6.10 Å². The third-order valence-corrected chi connectivity index (χ3v) is 3.85. The second-order valence-corrected chi connectivity index (χ2v) is 5.27. The molecule has 0 amide bonds. The maximum Gasteiger partial charge on any atom is 0.334 e. The minimum absolute atomic E-state index is 0.0427. The Morgan fingerprint density at radius 3 is 2.78 bits per heavy atom. The Kier molecular flexibility index (Phi) is 3.71. The van der Waals surface area contributed by atoms with Crippen molar-refractivity contribution in [3.05, 3.63) is 35.5 Å². The Labute approximate surface area is 108 Å². The predicted molar refractivity (Wildman–Crippen MR) is 69.9 cm³/mol. The number of aliphatic hydroxyl groups is 1. The lowest BCUT2D eigenvalue weighted by atomic mass is 9.87. The van der Waals surface area contributed by atoms with Gasteiger partial charge < -0.3 is 9.84 Å². The highest BCUT2D eigenvalue weighted by Gasteiger charge is 2.37. The molecule has 1 heterocycles. The summed E-state index contributed by atoms with van der Waals surface area (Å²) >= 11 is 0. The quantitative estimate of drug-likeness (QED) is 0.407. The third kappa shape index (κ3) is 2.56. The smallest absolute Gasteiger partial charge is 0.334 e. The molecule has 2 rings (SSSR count). The maximum atomic E-state index is 11.6. The number of allylic oxidation sites excluding steroid dienone is 1. The summed E-state index contributed by atoms with van der Waals surface area (Å²) in [6.45, 7) is 7.76. The molecule has 2 aliphatic rings. The van der Waals surface area contributed by atoms with Gasteiger partial charge in [-0.25, -0.2) is 4.79 Å². The molecule has 0 aromatic rings. The van der Waals surface area contributed by atoms with E-state index in [-0.39, 0.29) is 18.0 Å². The molecule has 1 fully saturated rings. The van der Waals surface area contributed by atoms with Gasteiger partial charge in [0.15, 0.2) is 0 Å². The van der Waals surface area contributed by atoms with Gasteiger partial charge in [-0.3, -0.25) is 0 Å². The van der Waals surface area contributed by atoms with Crippen molar-refractivity contribution in [1.82, 2.24) is 0 Å². The molecular formula is C15H20O3. The summed E-state index contributed by atoms with van der Waals surface area (Å²) in [5.41, 5.74) is 2.67. The number of carbonyl (C=O) groups excluding carboxylic acids is 1. The summed E-state index contributed by atoms with van der Waals surface area (Å²) in [6, 6.07) is 0. The van der Waals surface area contributed by atoms with Gasteiger partial charge in [0.25, 0.3) is 0 Å². The fraction of sp³-hybridized carbons (Fsp3) is 0.533. The first-order valence-corrected chi connectivity index (χ1v) is 6.39. The van der Waals surface area contributed by atoms with Crippen molar-refractivity contribution in [3.63, 3.8) is 0 Å². The molecule has 0 saturated carbocycles. The lowest BCUT2D eigenvalue weighted by Gasteiger charge is -2.20. The molecule has 1 saturated heterocycles. The highest BCUT2D eigenvalue weighted by atomic mass is 16.6. The van der Waals surface area contributed by atoms with Crippen LogP contribution < -0.4 is 0 Å². The maximum absolute atomic E-state index is 11.6. The van der Waals surface area contributed by atoms with E-state index in [1.54, 1.807) is 0 Å². The van der Waals surface area contributed by atoms with Gasteiger partial charge in [0.1, 0.15) is 6.10 Å². The van der Waals surface area contributed by atoms with Crippen molar-refractivity contribution < 1.29 is 14.6 Å². The molecular weight excluding hydrogens is 228 g/mol. The van der Waals surface area contributed by atoms with Gasteiger partial charge in [0.2, 0.25) is 0 Å². The fourth-order valence-corrected chi connectivity index (χ4v) is 2.50. The zero-order chi connectivity index (χ0) is 13.3. The van der Waals surface area contributed by atoms with Gasteiger partial charge >= 0.3 is 5.97 Å². The second kappa shape index (κ2) is 5.11. The van der Waals surface area contributed by atoms with Crippen LogP contribution in [0.15, 0.2) is 35.5 Å². The van der Waals surface area contributed by atoms with E-state index in [1.165, 1.54) is 0 Å². The normalized spacial score (nSPS) is 33.4. The number of aliphatic hydroxyl groups excluding tert-OH is 1. The molecule has 0 aromatic carbocycles. The molecule has 0 aromatic heterocycles. The second-order valence-electron chi connectivity index (χ2n) is 5.27.